The molecule has 8 nitrogen and oxygen atoms in total. The van der Waals surface area contributed by atoms with E-state index in [2.05, 4.69) is 15.6 Å². The molecule has 0 amide bonds. The second-order valence-corrected chi connectivity index (χ2v) is 8.31. The minimum atomic E-state index is -1.46. The average molecular weight is 407 g/mol. The maximum Gasteiger partial charge on any atom is 0.262 e. The number of anilines is 3. The Hall–Kier alpha value is -2.97. The van der Waals surface area contributed by atoms with Crippen LogP contribution in [0.2, 0.25) is 0 Å². The minimum Gasteiger partial charge on any atom is -0.362 e. The number of aryl methyl sites for hydroxylation is 1. The van der Waals surface area contributed by atoms with Crippen molar-refractivity contribution in [2.45, 2.75) is 51.0 Å². The molecule has 1 fully saturated rings. The summed E-state index contributed by atoms with van der Waals surface area (Å²) < 4.78 is 7.66. The first-order valence-corrected chi connectivity index (χ1v) is 10.3. The Morgan fingerprint density at radius 3 is 2.83 bits per heavy atom. The van der Waals surface area contributed by atoms with E-state index < -0.39 is 5.79 Å². The lowest BCUT2D eigenvalue weighted by atomic mass is 9.77. The van der Waals surface area contributed by atoms with Gasteiger partial charge in [-0.05, 0) is 62.8 Å². The van der Waals surface area contributed by atoms with Crippen LogP contribution >= 0.6 is 0 Å². The van der Waals surface area contributed by atoms with E-state index in [1.807, 2.05) is 19.1 Å². The molecule has 3 N–H and O–H groups in total. The topological polar surface area (TPSA) is 101 Å². The van der Waals surface area contributed by atoms with Gasteiger partial charge in [-0.15, -0.1) is 0 Å². The fourth-order valence-electron chi connectivity index (χ4n) is 4.15. The Morgan fingerprint density at radius 1 is 1.27 bits per heavy atom. The van der Waals surface area contributed by atoms with Crippen molar-refractivity contribution < 1.29 is 9.84 Å². The number of fused-ring (bicyclic) bond motifs is 6. The first-order valence-electron chi connectivity index (χ1n) is 10.3. The van der Waals surface area contributed by atoms with Gasteiger partial charge in [0.05, 0.1) is 17.5 Å². The number of nitrogens with one attached hydrogen (secondary N) is 2. The van der Waals surface area contributed by atoms with Crippen LogP contribution < -0.4 is 16.2 Å². The van der Waals surface area contributed by atoms with Gasteiger partial charge in [0.15, 0.2) is 5.79 Å². The van der Waals surface area contributed by atoms with E-state index in [0.717, 1.165) is 24.6 Å². The van der Waals surface area contributed by atoms with Crippen molar-refractivity contribution in [2.24, 2.45) is 0 Å². The highest BCUT2D eigenvalue weighted by Crippen LogP contribution is 2.39. The van der Waals surface area contributed by atoms with Crippen LogP contribution in [0.4, 0.5) is 17.5 Å². The molecule has 30 heavy (non-hydrogen) atoms. The van der Waals surface area contributed by atoms with Crippen molar-refractivity contribution >= 4 is 28.2 Å². The van der Waals surface area contributed by atoms with E-state index in [-0.39, 0.29) is 11.1 Å². The van der Waals surface area contributed by atoms with Gasteiger partial charge in [0.25, 0.3) is 5.56 Å². The summed E-state index contributed by atoms with van der Waals surface area (Å²) in [5.41, 5.74) is 0.157. The standard InChI is InChI=1S/C22H25N5O3/c1-3-27-10-6-14-11-17-24-16-12-15(5-9-23-16)21(2,29)30-13-22(7-4-8-22)26-19(25-17)18(14)20(27)28/h5-6,9-12,29H,3-4,7-8,13H2,1-2H3,(H2,23,24,25,26). The number of aliphatic hydroxyl groups is 1. The van der Waals surface area contributed by atoms with Crippen LogP contribution in [0.25, 0.3) is 10.8 Å². The molecule has 3 aromatic rings. The summed E-state index contributed by atoms with van der Waals surface area (Å²) in [4.78, 5) is 22.2. The quantitative estimate of drug-likeness (QED) is 0.570. The first-order chi connectivity index (χ1) is 14.4. The lowest BCUT2D eigenvalue weighted by Crippen LogP contribution is -2.51. The summed E-state index contributed by atoms with van der Waals surface area (Å²) in [5, 5.41) is 19.0. The van der Waals surface area contributed by atoms with E-state index in [0.29, 0.717) is 41.6 Å². The van der Waals surface area contributed by atoms with Gasteiger partial charge in [-0.25, -0.2) is 9.97 Å². The van der Waals surface area contributed by atoms with Crippen LogP contribution in [0.5, 0.6) is 0 Å². The largest absolute Gasteiger partial charge is 0.362 e. The number of rotatable bonds is 1. The fourth-order valence-corrected chi connectivity index (χ4v) is 4.15. The summed E-state index contributed by atoms with van der Waals surface area (Å²) in [6.07, 6.45) is 6.23. The van der Waals surface area contributed by atoms with E-state index >= 15 is 0 Å². The number of aromatic nitrogens is 3. The van der Waals surface area contributed by atoms with Crippen molar-refractivity contribution in [3.8, 4) is 0 Å². The maximum atomic E-state index is 13.1. The summed E-state index contributed by atoms with van der Waals surface area (Å²) in [6.45, 7) is 4.46. The number of nitrogens with zero attached hydrogens (tertiary/aromatic N) is 3. The van der Waals surface area contributed by atoms with E-state index in [9.17, 15) is 9.90 Å². The smallest absolute Gasteiger partial charge is 0.262 e. The van der Waals surface area contributed by atoms with Gasteiger partial charge in [0.1, 0.15) is 17.5 Å². The molecule has 4 heterocycles. The fraction of sp³-hybridized carbons (Fsp3) is 0.409. The summed E-state index contributed by atoms with van der Waals surface area (Å²) in [6, 6.07) is 7.28. The zero-order valence-corrected chi connectivity index (χ0v) is 17.1. The molecule has 5 rings (SSSR count). The third-order valence-electron chi connectivity index (χ3n) is 6.17. The van der Waals surface area contributed by atoms with E-state index in [4.69, 9.17) is 9.72 Å². The number of pyridine rings is 3. The van der Waals surface area contributed by atoms with Gasteiger partial charge >= 0.3 is 0 Å². The molecule has 156 valence electrons. The predicted octanol–water partition coefficient (Wildman–Crippen LogP) is 3.08. The molecule has 1 spiro atoms. The molecule has 0 radical (unpaired) electrons. The summed E-state index contributed by atoms with van der Waals surface area (Å²) in [5.74, 6) is 0.192. The van der Waals surface area contributed by atoms with Gasteiger partial charge in [-0.3, -0.25) is 4.79 Å². The van der Waals surface area contributed by atoms with Crippen LogP contribution in [0.15, 0.2) is 41.5 Å². The third-order valence-corrected chi connectivity index (χ3v) is 6.17. The minimum absolute atomic E-state index is 0.0776. The Labute approximate surface area is 173 Å². The molecule has 0 aromatic carbocycles. The zero-order chi connectivity index (χ0) is 20.9. The van der Waals surface area contributed by atoms with Crippen LogP contribution in [0.3, 0.4) is 0 Å². The van der Waals surface area contributed by atoms with Gasteiger partial charge in [0.2, 0.25) is 0 Å². The van der Waals surface area contributed by atoms with E-state index in [1.165, 1.54) is 0 Å². The molecule has 1 aliphatic carbocycles. The SMILES string of the molecule is CCn1ccc2cc3nc(c2c1=O)NC1(CCC1)COC(C)(O)c1ccnc(c1)N3. The van der Waals surface area contributed by atoms with Crippen molar-refractivity contribution in [3.05, 3.63) is 52.6 Å². The average Bonchev–Trinajstić information content (AvgIpc) is 2.69. The number of hydrogen-bond donors (Lipinski definition) is 3. The van der Waals surface area contributed by atoms with Crippen LogP contribution in [0, 0.1) is 0 Å². The summed E-state index contributed by atoms with van der Waals surface area (Å²) in [7, 11) is 0. The van der Waals surface area contributed by atoms with Gasteiger partial charge < -0.3 is 25.0 Å². The Bertz CT molecular complexity index is 1180. The van der Waals surface area contributed by atoms with Gasteiger partial charge in [-0.2, -0.15) is 0 Å². The Balaban J connectivity index is 1.72. The zero-order valence-electron chi connectivity index (χ0n) is 17.1. The second-order valence-electron chi connectivity index (χ2n) is 8.31. The van der Waals surface area contributed by atoms with Crippen molar-refractivity contribution in [1.82, 2.24) is 14.5 Å². The van der Waals surface area contributed by atoms with Crippen LogP contribution in [-0.4, -0.2) is 31.8 Å². The van der Waals surface area contributed by atoms with Crippen molar-refractivity contribution in [1.29, 1.82) is 0 Å². The molecule has 8 heteroatoms. The van der Waals surface area contributed by atoms with Crippen LogP contribution in [-0.2, 0) is 17.1 Å². The lowest BCUT2D eigenvalue weighted by Gasteiger charge is -2.44. The summed E-state index contributed by atoms with van der Waals surface area (Å²) >= 11 is 0. The maximum absolute atomic E-state index is 13.1. The molecule has 1 saturated carbocycles. The second kappa shape index (κ2) is 6.78. The molecule has 1 aliphatic heterocycles. The highest BCUT2D eigenvalue weighted by Gasteiger charge is 2.41. The lowest BCUT2D eigenvalue weighted by molar-refractivity contribution is -0.210. The van der Waals surface area contributed by atoms with E-state index in [1.54, 1.807) is 36.0 Å². The molecule has 2 aliphatic rings. The molecular formula is C22H25N5O3. The Kier molecular flexibility index (Phi) is 4.30. The number of ether oxygens (including phenoxy) is 1. The predicted molar refractivity (Wildman–Crippen MR) is 115 cm³/mol. The highest BCUT2D eigenvalue weighted by atomic mass is 16.6. The number of hydrogen-bond acceptors (Lipinski definition) is 7. The van der Waals surface area contributed by atoms with Crippen LogP contribution in [0.1, 0.15) is 38.7 Å². The molecular weight excluding hydrogens is 382 g/mol. The van der Waals surface area contributed by atoms with Gasteiger partial charge in [0, 0.05) is 24.5 Å². The van der Waals surface area contributed by atoms with Crippen molar-refractivity contribution in [2.75, 3.05) is 17.2 Å². The molecule has 4 bridgehead atoms. The molecule has 1 atom stereocenters. The van der Waals surface area contributed by atoms with Crippen molar-refractivity contribution in [3.63, 3.8) is 0 Å². The Morgan fingerprint density at radius 2 is 2.10 bits per heavy atom. The first kappa shape index (κ1) is 19.0. The molecule has 0 saturated heterocycles. The molecule has 1 unspecified atom stereocenters. The van der Waals surface area contributed by atoms with Gasteiger partial charge in [-0.1, -0.05) is 0 Å². The normalized spacial score (nSPS) is 22.4. The highest BCUT2D eigenvalue weighted by molar-refractivity contribution is 5.93. The molecule has 3 aromatic heterocycles. The third kappa shape index (κ3) is 3.12. The monoisotopic (exact) mass is 407 g/mol.